The Labute approximate surface area is 158 Å². The van der Waals surface area contributed by atoms with E-state index in [4.69, 9.17) is 4.98 Å². The van der Waals surface area contributed by atoms with Crippen LogP contribution in [-0.4, -0.2) is 19.1 Å². The van der Waals surface area contributed by atoms with Crippen molar-refractivity contribution >= 4 is 16.6 Å². The van der Waals surface area contributed by atoms with E-state index < -0.39 is 0 Å². The third-order valence-corrected chi connectivity index (χ3v) is 4.88. The quantitative estimate of drug-likeness (QED) is 0.442. The van der Waals surface area contributed by atoms with Gasteiger partial charge in [0.25, 0.3) is 0 Å². The van der Waals surface area contributed by atoms with Crippen LogP contribution in [0.4, 0.5) is 10.1 Å². The number of hydrogen-bond acceptors (Lipinski definition) is 2. The molecule has 0 radical (unpaired) electrons. The Morgan fingerprint density at radius 3 is 1.96 bits per heavy atom. The zero-order valence-electron chi connectivity index (χ0n) is 15.7. The molecule has 0 N–H and O–H groups in total. The fourth-order valence-corrected chi connectivity index (χ4v) is 3.30. The second kappa shape index (κ2) is 6.84. The zero-order valence-corrected chi connectivity index (χ0v) is 15.7. The van der Waals surface area contributed by atoms with Crippen LogP contribution in [0.2, 0.25) is 0 Å². The highest BCUT2D eigenvalue weighted by Gasteiger charge is 2.07. The normalized spacial score (nSPS) is 11.0. The third kappa shape index (κ3) is 3.41. The van der Waals surface area contributed by atoms with Crippen molar-refractivity contribution < 1.29 is 4.39 Å². The number of aromatic nitrogens is 1. The largest absolute Gasteiger partial charge is 0.378 e. The highest BCUT2D eigenvalue weighted by atomic mass is 19.1. The Balaban J connectivity index is 1.68. The lowest BCUT2D eigenvalue weighted by Crippen LogP contribution is -2.07. The van der Waals surface area contributed by atoms with E-state index in [-0.39, 0.29) is 5.82 Å². The van der Waals surface area contributed by atoms with E-state index in [1.165, 1.54) is 22.9 Å². The molecule has 1 heterocycles. The van der Waals surface area contributed by atoms with E-state index in [9.17, 15) is 4.39 Å². The van der Waals surface area contributed by atoms with Crippen LogP contribution in [0.25, 0.3) is 33.3 Å². The molecule has 4 aromatic rings. The summed E-state index contributed by atoms with van der Waals surface area (Å²) in [6.45, 7) is 1.99. The van der Waals surface area contributed by atoms with Crippen LogP contribution in [0, 0.1) is 12.7 Å². The van der Waals surface area contributed by atoms with Crippen LogP contribution >= 0.6 is 0 Å². The maximum absolute atomic E-state index is 13.5. The lowest BCUT2D eigenvalue weighted by Gasteiger charge is -2.13. The van der Waals surface area contributed by atoms with Gasteiger partial charge in [0.2, 0.25) is 0 Å². The Morgan fingerprint density at radius 2 is 1.33 bits per heavy atom. The van der Waals surface area contributed by atoms with Gasteiger partial charge in [0, 0.05) is 30.7 Å². The third-order valence-electron chi connectivity index (χ3n) is 4.88. The fraction of sp³-hybridized carbons (Fsp3) is 0.125. The number of halogens is 1. The van der Waals surface area contributed by atoms with E-state index in [2.05, 4.69) is 53.4 Å². The van der Waals surface area contributed by atoms with Crippen LogP contribution in [0.3, 0.4) is 0 Å². The van der Waals surface area contributed by atoms with Gasteiger partial charge in [-0.2, -0.15) is 0 Å². The van der Waals surface area contributed by atoms with Crippen molar-refractivity contribution in [1.82, 2.24) is 4.98 Å². The van der Waals surface area contributed by atoms with Crippen LogP contribution in [0.15, 0.2) is 72.8 Å². The minimum absolute atomic E-state index is 0.232. The topological polar surface area (TPSA) is 16.1 Å². The maximum atomic E-state index is 13.5. The van der Waals surface area contributed by atoms with Crippen LogP contribution in [0.5, 0.6) is 0 Å². The first-order chi connectivity index (χ1) is 13.0. The number of fused-ring (bicyclic) bond motifs is 1. The molecule has 0 unspecified atom stereocenters. The average molecular weight is 356 g/mol. The number of nitrogens with zero attached hydrogens (tertiary/aromatic N) is 2. The summed E-state index contributed by atoms with van der Waals surface area (Å²) in [7, 11) is 4.08. The van der Waals surface area contributed by atoms with Crippen molar-refractivity contribution in [2.24, 2.45) is 0 Å². The number of rotatable bonds is 3. The Morgan fingerprint density at radius 1 is 0.741 bits per heavy atom. The van der Waals surface area contributed by atoms with Crippen molar-refractivity contribution in [2.45, 2.75) is 6.92 Å². The molecule has 27 heavy (non-hydrogen) atoms. The first-order valence-corrected chi connectivity index (χ1v) is 8.96. The molecule has 2 nitrogen and oxygen atoms in total. The van der Waals surface area contributed by atoms with Gasteiger partial charge in [-0.05, 0) is 60.0 Å². The molecule has 0 saturated carbocycles. The van der Waals surface area contributed by atoms with Gasteiger partial charge in [-0.15, -0.1) is 0 Å². The van der Waals surface area contributed by atoms with Crippen LogP contribution in [-0.2, 0) is 0 Å². The molecule has 0 aliphatic carbocycles. The minimum atomic E-state index is -0.232. The van der Waals surface area contributed by atoms with E-state index in [1.807, 2.05) is 27.1 Å². The molecular weight excluding hydrogens is 335 g/mol. The van der Waals surface area contributed by atoms with Crippen molar-refractivity contribution in [3.05, 3.63) is 84.2 Å². The van der Waals surface area contributed by atoms with Gasteiger partial charge in [0.05, 0.1) is 11.2 Å². The van der Waals surface area contributed by atoms with Crippen molar-refractivity contribution in [3.63, 3.8) is 0 Å². The van der Waals surface area contributed by atoms with Gasteiger partial charge in [-0.3, -0.25) is 0 Å². The van der Waals surface area contributed by atoms with Gasteiger partial charge in [-0.1, -0.05) is 36.4 Å². The molecule has 0 bridgehead atoms. The van der Waals surface area contributed by atoms with Gasteiger partial charge in [0.15, 0.2) is 0 Å². The van der Waals surface area contributed by atoms with Gasteiger partial charge >= 0.3 is 0 Å². The molecule has 0 aliphatic rings. The number of aryl methyl sites for hydroxylation is 1. The van der Waals surface area contributed by atoms with E-state index in [1.54, 1.807) is 12.1 Å². The summed E-state index contributed by atoms with van der Waals surface area (Å²) in [4.78, 5) is 6.80. The molecule has 0 spiro atoms. The lowest BCUT2D eigenvalue weighted by molar-refractivity contribution is 0.629. The summed E-state index contributed by atoms with van der Waals surface area (Å²) in [5.41, 5.74) is 7.34. The predicted molar refractivity (Wildman–Crippen MR) is 112 cm³/mol. The molecule has 4 rings (SSSR count). The molecule has 3 heteroatoms. The van der Waals surface area contributed by atoms with E-state index in [0.717, 1.165) is 27.7 Å². The number of anilines is 1. The summed E-state index contributed by atoms with van der Waals surface area (Å²) in [5.74, 6) is -0.232. The summed E-state index contributed by atoms with van der Waals surface area (Å²) in [5, 5.41) is 0.858. The van der Waals surface area contributed by atoms with Crippen LogP contribution in [0.1, 0.15) is 5.56 Å². The SMILES string of the molecule is Cc1cc(-c2ccc(-c3ccc(N(C)C)cc3)cc2)nc2ccc(F)cc12. The Bertz CT molecular complexity index is 1100. The van der Waals surface area contributed by atoms with Gasteiger partial charge < -0.3 is 4.90 Å². The standard InChI is InChI=1S/C24H21FN2/c1-16-14-24(26-23-13-10-20(25)15-22(16)23)19-6-4-17(5-7-19)18-8-11-21(12-9-18)27(2)3/h4-15H,1-3H3. The fourth-order valence-electron chi connectivity index (χ4n) is 3.30. The summed E-state index contributed by atoms with van der Waals surface area (Å²) in [6, 6.07) is 23.7. The number of benzene rings is 3. The lowest BCUT2D eigenvalue weighted by atomic mass is 10.0. The van der Waals surface area contributed by atoms with Gasteiger partial charge in [0.1, 0.15) is 5.82 Å². The molecule has 0 saturated heterocycles. The molecule has 0 atom stereocenters. The second-order valence-corrected chi connectivity index (χ2v) is 7.00. The van der Waals surface area contributed by atoms with Crippen molar-refractivity contribution in [2.75, 3.05) is 19.0 Å². The monoisotopic (exact) mass is 356 g/mol. The zero-order chi connectivity index (χ0) is 19.0. The molecule has 3 aromatic carbocycles. The highest BCUT2D eigenvalue weighted by Crippen LogP contribution is 2.28. The Hall–Kier alpha value is -3.20. The second-order valence-electron chi connectivity index (χ2n) is 7.00. The molecule has 134 valence electrons. The molecule has 0 amide bonds. The van der Waals surface area contributed by atoms with Crippen molar-refractivity contribution in [3.8, 4) is 22.4 Å². The first kappa shape index (κ1) is 17.2. The maximum Gasteiger partial charge on any atom is 0.123 e. The number of pyridine rings is 1. The molecular formula is C24H21FN2. The summed E-state index contributed by atoms with van der Waals surface area (Å²) >= 11 is 0. The van der Waals surface area contributed by atoms with E-state index in [0.29, 0.717) is 0 Å². The minimum Gasteiger partial charge on any atom is -0.378 e. The first-order valence-electron chi connectivity index (χ1n) is 8.96. The predicted octanol–water partition coefficient (Wildman–Crippen LogP) is 6.08. The summed E-state index contributed by atoms with van der Waals surface area (Å²) in [6.07, 6.45) is 0. The molecule has 0 fully saturated rings. The highest BCUT2D eigenvalue weighted by molar-refractivity contribution is 5.85. The van der Waals surface area contributed by atoms with Crippen LogP contribution < -0.4 is 4.90 Å². The molecule has 0 aliphatic heterocycles. The van der Waals surface area contributed by atoms with Crippen molar-refractivity contribution in [1.29, 1.82) is 0 Å². The number of hydrogen-bond donors (Lipinski definition) is 0. The Kier molecular flexibility index (Phi) is 4.36. The smallest absolute Gasteiger partial charge is 0.123 e. The summed E-state index contributed by atoms with van der Waals surface area (Å²) < 4.78 is 13.5. The molecule has 1 aromatic heterocycles. The van der Waals surface area contributed by atoms with E-state index >= 15 is 0 Å². The average Bonchev–Trinajstić information content (AvgIpc) is 2.68. The van der Waals surface area contributed by atoms with Gasteiger partial charge in [-0.25, -0.2) is 9.37 Å².